The van der Waals surface area contributed by atoms with Crippen molar-refractivity contribution in [3.8, 4) is 11.3 Å². The highest BCUT2D eigenvalue weighted by molar-refractivity contribution is 7.99. The van der Waals surface area contributed by atoms with Crippen LogP contribution in [0.4, 0.5) is 4.39 Å². The van der Waals surface area contributed by atoms with Crippen LogP contribution in [0, 0.1) is 5.82 Å². The van der Waals surface area contributed by atoms with E-state index >= 15 is 0 Å². The van der Waals surface area contributed by atoms with E-state index < -0.39 is 23.7 Å². The summed E-state index contributed by atoms with van der Waals surface area (Å²) in [5.41, 5.74) is 4.85. The molecule has 2 aliphatic heterocycles. The predicted molar refractivity (Wildman–Crippen MR) is 182 cm³/mol. The highest BCUT2D eigenvalue weighted by Gasteiger charge is 2.41. The van der Waals surface area contributed by atoms with Crippen molar-refractivity contribution in [3.63, 3.8) is 0 Å². The molecular weight excluding hydrogens is 649 g/mol. The lowest BCUT2D eigenvalue weighted by molar-refractivity contribution is -0.130. The number of amides is 5. The molecule has 3 N–H and O–H groups in total. The molecule has 4 aromatic rings. The number of nitrogens with zero attached hydrogens (tertiary/aromatic N) is 2. The maximum absolute atomic E-state index is 14.3. The van der Waals surface area contributed by atoms with E-state index in [1.807, 2.05) is 24.3 Å². The molecule has 2 aliphatic rings. The average molecular weight is 684 g/mol. The minimum absolute atomic E-state index is 0.0101. The van der Waals surface area contributed by atoms with E-state index in [9.17, 15) is 33.2 Å². The van der Waals surface area contributed by atoms with Crippen LogP contribution < -0.4 is 10.6 Å². The van der Waals surface area contributed by atoms with Gasteiger partial charge in [0.05, 0.1) is 22.7 Å². The molecule has 0 radical (unpaired) electrons. The SMILES string of the molecule is CNC(=O)CCC(C=O)N1C(=O)c2cccc(SCCC(=O)N(C)Cc3ccc(-c4[nH]c5cc(F)cc6c5c4CCNC6=O)cc3)c2C1=O. The summed E-state index contributed by atoms with van der Waals surface area (Å²) >= 11 is 1.29. The summed E-state index contributed by atoms with van der Waals surface area (Å²) in [6.07, 6.45) is 1.31. The second-order valence-corrected chi connectivity index (χ2v) is 13.1. The molecule has 0 bridgehead atoms. The molecule has 0 saturated heterocycles. The number of aldehydes is 1. The van der Waals surface area contributed by atoms with Crippen molar-refractivity contribution in [1.29, 1.82) is 0 Å². The van der Waals surface area contributed by atoms with Crippen molar-refractivity contribution in [2.45, 2.75) is 43.2 Å². The van der Waals surface area contributed by atoms with Gasteiger partial charge in [-0.2, -0.15) is 0 Å². The number of imide groups is 1. The van der Waals surface area contributed by atoms with Crippen LogP contribution in [0.15, 0.2) is 59.5 Å². The summed E-state index contributed by atoms with van der Waals surface area (Å²) in [6.45, 7) is 0.807. The lowest BCUT2D eigenvalue weighted by Crippen LogP contribution is -2.41. The van der Waals surface area contributed by atoms with Gasteiger partial charge < -0.3 is 25.3 Å². The molecule has 49 heavy (non-hydrogen) atoms. The van der Waals surface area contributed by atoms with Gasteiger partial charge in [0.1, 0.15) is 12.1 Å². The molecule has 0 saturated carbocycles. The van der Waals surface area contributed by atoms with Crippen LogP contribution in [0.1, 0.15) is 61.5 Å². The number of carbonyl (C=O) groups excluding carboxylic acids is 6. The molecule has 0 fully saturated rings. The first kappa shape index (κ1) is 33.6. The molecule has 5 amide bonds. The Morgan fingerprint density at radius 3 is 2.57 bits per heavy atom. The van der Waals surface area contributed by atoms with Crippen molar-refractivity contribution in [2.75, 3.05) is 26.4 Å². The lowest BCUT2D eigenvalue weighted by atomic mass is 9.99. The molecule has 1 unspecified atom stereocenters. The first-order chi connectivity index (χ1) is 23.6. The largest absolute Gasteiger partial charge is 0.359 e. The molecule has 11 nitrogen and oxygen atoms in total. The average Bonchev–Trinajstić information content (AvgIpc) is 3.52. The number of hydrogen-bond acceptors (Lipinski definition) is 7. The quantitative estimate of drug-likeness (QED) is 0.116. The van der Waals surface area contributed by atoms with Gasteiger partial charge in [0.25, 0.3) is 17.7 Å². The molecule has 13 heteroatoms. The first-order valence-corrected chi connectivity index (χ1v) is 16.8. The number of hydrogen-bond donors (Lipinski definition) is 3. The Bertz CT molecular complexity index is 2010. The van der Waals surface area contributed by atoms with E-state index in [0.29, 0.717) is 47.5 Å². The fourth-order valence-electron chi connectivity index (χ4n) is 6.37. The molecule has 0 spiro atoms. The molecule has 252 valence electrons. The van der Waals surface area contributed by atoms with Gasteiger partial charge >= 0.3 is 0 Å². The van der Waals surface area contributed by atoms with E-state index in [2.05, 4.69) is 15.6 Å². The van der Waals surface area contributed by atoms with Crippen molar-refractivity contribution in [1.82, 2.24) is 25.4 Å². The number of rotatable bonds is 12. The second-order valence-electron chi connectivity index (χ2n) is 12.0. The second kappa shape index (κ2) is 14.0. The lowest BCUT2D eigenvalue weighted by Gasteiger charge is -2.21. The number of H-pyrrole nitrogens is 1. The van der Waals surface area contributed by atoms with Gasteiger partial charge in [-0.3, -0.25) is 28.9 Å². The van der Waals surface area contributed by atoms with Crippen LogP contribution in [-0.4, -0.2) is 83.0 Å². The van der Waals surface area contributed by atoms with Gasteiger partial charge in [-0.05, 0) is 53.8 Å². The summed E-state index contributed by atoms with van der Waals surface area (Å²) in [4.78, 5) is 81.9. The fourth-order valence-corrected chi connectivity index (χ4v) is 7.38. The van der Waals surface area contributed by atoms with E-state index in [-0.39, 0.29) is 48.1 Å². The number of halogens is 1. The fraction of sp³-hybridized carbons (Fsp3) is 0.278. The maximum atomic E-state index is 14.3. The number of aromatic nitrogens is 1. The van der Waals surface area contributed by atoms with Gasteiger partial charge in [-0.15, -0.1) is 11.8 Å². The molecule has 1 atom stereocenters. The third kappa shape index (κ3) is 6.58. The summed E-state index contributed by atoms with van der Waals surface area (Å²) in [5, 5.41) is 6.02. The monoisotopic (exact) mass is 683 g/mol. The number of carbonyl (C=O) groups is 6. The van der Waals surface area contributed by atoms with Crippen LogP contribution >= 0.6 is 11.8 Å². The van der Waals surface area contributed by atoms with E-state index in [1.165, 1.54) is 37.0 Å². The third-order valence-electron chi connectivity index (χ3n) is 8.88. The predicted octanol–water partition coefficient (Wildman–Crippen LogP) is 4.09. The van der Waals surface area contributed by atoms with E-state index in [1.54, 1.807) is 24.1 Å². The number of fused-ring (bicyclic) bond motifs is 1. The number of nitrogens with one attached hydrogen (secondary N) is 3. The highest BCUT2D eigenvalue weighted by Crippen LogP contribution is 2.36. The molecule has 6 rings (SSSR count). The Morgan fingerprint density at radius 2 is 1.84 bits per heavy atom. The summed E-state index contributed by atoms with van der Waals surface area (Å²) < 4.78 is 14.3. The Labute approximate surface area is 285 Å². The zero-order valence-corrected chi connectivity index (χ0v) is 27.7. The maximum Gasteiger partial charge on any atom is 0.263 e. The minimum Gasteiger partial charge on any atom is -0.359 e. The van der Waals surface area contributed by atoms with Gasteiger partial charge in [-0.1, -0.05) is 30.3 Å². The normalized spacial score (nSPS) is 14.3. The van der Waals surface area contributed by atoms with Gasteiger partial charge in [0, 0.05) is 67.3 Å². The highest BCUT2D eigenvalue weighted by atomic mass is 32.2. The van der Waals surface area contributed by atoms with Gasteiger partial charge in [0.2, 0.25) is 11.8 Å². The Morgan fingerprint density at radius 1 is 1.06 bits per heavy atom. The number of aromatic amines is 1. The zero-order valence-electron chi connectivity index (χ0n) is 26.9. The summed E-state index contributed by atoms with van der Waals surface area (Å²) in [6, 6.07) is 14.2. The van der Waals surface area contributed by atoms with Crippen LogP contribution in [0.25, 0.3) is 22.2 Å². The van der Waals surface area contributed by atoms with Crippen LogP contribution in [-0.2, 0) is 27.3 Å². The van der Waals surface area contributed by atoms with Gasteiger partial charge in [0.15, 0.2) is 0 Å². The van der Waals surface area contributed by atoms with Crippen LogP contribution in [0.3, 0.4) is 0 Å². The Balaban J connectivity index is 1.08. The minimum atomic E-state index is -1.06. The topological polar surface area (TPSA) is 149 Å². The zero-order chi connectivity index (χ0) is 34.8. The third-order valence-corrected chi connectivity index (χ3v) is 9.94. The van der Waals surface area contributed by atoms with Crippen LogP contribution in [0.5, 0.6) is 0 Å². The Kier molecular flexibility index (Phi) is 9.63. The standard InChI is InChI=1S/C36H34FN5O6S/c1-38-29(44)11-10-23(19-43)42-35(47)25-4-3-5-28(32(25)36(42)48)49-15-13-30(45)41(2)18-20-6-8-21(9-7-20)33-24-12-14-39-34(46)26-16-22(37)17-27(40-33)31(24)26/h3-9,16-17,19,23,40H,10-15,18H2,1-2H3,(H,38,44)(H,39,46). The van der Waals surface area contributed by atoms with Gasteiger partial charge in [-0.25, -0.2) is 4.39 Å². The molecule has 0 aliphatic carbocycles. The van der Waals surface area contributed by atoms with Crippen molar-refractivity contribution in [2.24, 2.45) is 0 Å². The summed E-state index contributed by atoms with van der Waals surface area (Å²) in [5.74, 6) is -1.99. The summed E-state index contributed by atoms with van der Waals surface area (Å²) in [7, 11) is 3.18. The smallest absolute Gasteiger partial charge is 0.263 e. The van der Waals surface area contributed by atoms with Crippen LogP contribution in [0.2, 0.25) is 0 Å². The van der Waals surface area contributed by atoms with Crippen molar-refractivity contribution in [3.05, 3.63) is 88.2 Å². The molecular formula is C36H34FN5O6S. The Hall–Kier alpha value is -5.30. The van der Waals surface area contributed by atoms with Crippen molar-refractivity contribution >= 4 is 58.5 Å². The first-order valence-electron chi connectivity index (χ1n) is 15.9. The molecule has 3 heterocycles. The molecule has 3 aromatic carbocycles. The number of thioether (sulfide) groups is 1. The number of benzene rings is 3. The van der Waals surface area contributed by atoms with Crippen molar-refractivity contribution < 1.29 is 33.2 Å². The molecule has 1 aromatic heterocycles. The van der Waals surface area contributed by atoms with E-state index in [4.69, 9.17) is 0 Å². The van der Waals surface area contributed by atoms with E-state index in [0.717, 1.165) is 32.7 Å².